The van der Waals surface area contributed by atoms with Crippen molar-refractivity contribution in [2.75, 3.05) is 6.54 Å². The molecule has 1 aliphatic carbocycles. The van der Waals surface area contributed by atoms with Crippen molar-refractivity contribution in [1.29, 1.82) is 0 Å². The van der Waals surface area contributed by atoms with E-state index in [-0.39, 0.29) is 5.41 Å². The highest BCUT2D eigenvalue weighted by atomic mass is 32.2. The van der Waals surface area contributed by atoms with E-state index >= 15 is 0 Å². The molecule has 4 nitrogen and oxygen atoms in total. The third kappa shape index (κ3) is 3.81. The zero-order valence-electron chi connectivity index (χ0n) is 12.4. The molecule has 0 aliphatic heterocycles. The molecule has 1 saturated carbocycles. The van der Waals surface area contributed by atoms with E-state index in [2.05, 4.69) is 30.8 Å². The van der Waals surface area contributed by atoms with Crippen LogP contribution in [0.5, 0.6) is 0 Å². The normalized spacial score (nSPS) is 18.2. The van der Waals surface area contributed by atoms with Crippen LogP contribution < -0.4 is 10.0 Å². The van der Waals surface area contributed by atoms with Gasteiger partial charge in [-0.2, -0.15) is 0 Å². The van der Waals surface area contributed by atoms with Crippen molar-refractivity contribution < 1.29 is 8.42 Å². The molecule has 0 atom stereocenters. The van der Waals surface area contributed by atoms with Crippen LogP contribution in [0.2, 0.25) is 0 Å². The fourth-order valence-corrected chi connectivity index (χ4v) is 4.89. The largest absolute Gasteiger partial charge is 0.310 e. The number of rotatable bonds is 7. The number of sulfonamides is 1. The SMILES string of the molecule is CC(C)NCc1sccc1S(=O)(=O)NCC1(C)CCC1. The topological polar surface area (TPSA) is 58.2 Å². The van der Waals surface area contributed by atoms with Crippen LogP contribution in [-0.4, -0.2) is 21.0 Å². The van der Waals surface area contributed by atoms with Gasteiger partial charge in [-0.25, -0.2) is 13.1 Å². The van der Waals surface area contributed by atoms with Crippen molar-refractivity contribution in [3.8, 4) is 0 Å². The molecular formula is C14H24N2O2S2. The van der Waals surface area contributed by atoms with Crippen molar-refractivity contribution >= 4 is 21.4 Å². The van der Waals surface area contributed by atoms with Crippen LogP contribution in [0, 0.1) is 5.41 Å². The molecule has 20 heavy (non-hydrogen) atoms. The summed E-state index contributed by atoms with van der Waals surface area (Å²) < 4.78 is 27.6. The van der Waals surface area contributed by atoms with Gasteiger partial charge in [0.15, 0.2) is 0 Å². The molecule has 1 aliphatic rings. The Morgan fingerprint density at radius 1 is 1.40 bits per heavy atom. The standard InChI is InChI=1S/C14H24N2O2S2/c1-11(2)15-9-12-13(5-8-19-12)20(17,18)16-10-14(3)6-4-7-14/h5,8,11,15-16H,4,6-7,9-10H2,1-3H3. The number of nitrogens with one attached hydrogen (secondary N) is 2. The Labute approximate surface area is 126 Å². The second-order valence-electron chi connectivity index (χ2n) is 6.23. The molecule has 6 heteroatoms. The summed E-state index contributed by atoms with van der Waals surface area (Å²) in [6.45, 7) is 7.40. The highest BCUT2D eigenvalue weighted by Crippen LogP contribution is 2.39. The Hall–Kier alpha value is -0.430. The summed E-state index contributed by atoms with van der Waals surface area (Å²) in [4.78, 5) is 1.31. The van der Waals surface area contributed by atoms with Gasteiger partial charge in [0.1, 0.15) is 0 Å². The third-order valence-corrected chi connectivity index (χ3v) is 6.45. The minimum absolute atomic E-state index is 0.152. The first-order valence-electron chi connectivity index (χ1n) is 7.12. The van der Waals surface area contributed by atoms with Gasteiger partial charge in [0.25, 0.3) is 0 Å². The van der Waals surface area contributed by atoms with E-state index in [0.29, 0.717) is 24.0 Å². The Balaban J connectivity index is 2.03. The monoisotopic (exact) mass is 316 g/mol. The van der Waals surface area contributed by atoms with Crippen LogP contribution in [0.1, 0.15) is 44.9 Å². The summed E-state index contributed by atoms with van der Waals surface area (Å²) in [5, 5.41) is 5.12. The Bertz CT molecular complexity index is 545. The summed E-state index contributed by atoms with van der Waals surface area (Å²) in [7, 11) is -3.38. The maximum atomic E-state index is 12.4. The minimum atomic E-state index is -3.38. The molecule has 114 valence electrons. The Kier molecular flexibility index (Phi) is 4.89. The molecule has 1 aromatic rings. The van der Waals surface area contributed by atoms with Gasteiger partial charge >= 0.3 is 0 Å². The van der Waals surface area contributed by atoms with Gasteiger partial charge in [-0.15, -0.1) is 11.3 Å². The Morgan fingerprint density at radius 3 is 2.65 bits per heavy atom. The van der Waals surface area contributed by atoms with Crippen molar-refractivity contribution in [3.05, 3.63) is 16.3 Å². The van der Waals surface area contributed by atoms with Gasteiger partial charge in [-0.1, -0.05) is 27.2 Å². The van der Waals surface area contributed by atoms with Gasteiger partial charge in [0.05, 0.1) is 4.90 Å². The molecule has 1 aromatic heterocycles. The highest BCUT2D eigenvalue weighted by Gasteiger charge is 2.33. The van der Waals surface area contributed by atoms with Gasteiger partial charge in [0, 0.05) is 24.0 Å². The fraction of sp³-hybridized carbons (Fsp3) is 0.714. The van der Waals surface area contributed by atoms with Crippen LogP contribution >= 0.6 is 11.3 Å². The summed E-state index contributed by atoms with van der Waals surface area (Å²) in [5.74, 6) is 0. The minimum Gasteiger partial charge on any atom is -0.310 e. The van der Waals surface area contributed by atoms with E-state index in [1.54, 1.807) is 6.07 Å². The van der Waals surface area contributed by atoms with E-state index in [4.69, 9.17) is 0 Å². The molecule has 0 aromatic carbocycles. The molecule has 2 rings (SSSR count). The quantitative estimate of drug-likeness (QED) is 0.813. The number of thiophene rings is 1. The summed E-state index contributed by atoms with van der Waals surface area (Å²) >= 11 is 1.49. The van der Waals surface area contributed by atoms with E-state index in [1.807, 2.05) is 5.38 Å². The highest BCUT2D eigenvalue weighted by molar-refractivity contribution is 7.89. The lowest BCUT2D eigenvalue weighted by Gasteiger charge is -2.38. The lowest BCUT2D eigenvalue weighted by Crippen LogP contribution is -2.40. The van der Waals surface area contributed by atoms with E-state index in [1.165, 1.54) is 17.8 Å². The lowest BCUT2D eigenvalue weighted by atomic mass is 9.71. The summed E-state index contributed by atoms with van der Waals surface area (Å²) in [6, 6.07) is 2.04. The third-order valence-electron chi connectivity index (χ3n) is 3.91. The fourth-order valence-electron chi connectivity index (χ4n) is 2.30. The average Bonchev–Trinajstić information content (AvgIpc) is 2.80. The van der Waals surface area contributed by atoms with Crippen LogP contribution in [0.4, 0.5) is 0 Å². The van der Waals surface area contributed by atoms with Crippen molar-refractivity contribution in [2.24, 2.45) is 5.41 Å². The maximum absolute atomic E-state index is 12.4. The number of hydrogen-bond acceptors (Lipinski definition) is 4. The first kappa shape index (κ1) is 15.9. The zero-order chi connectivity index (χ0) is 14.8. The van der Waals surface area contributed by atoms with Gasteiger partial charge in [-0.05, 0) is 29.7 Å². The van der Waals surface area contributed by atoms with Gasteiger partial charge in [-0.3, -0.25) is 0 Å². The molecule has 0 amide bonds. The van der Waals surface area contributed by atoms with Gasteiger partial charge in [0.2, 0.25) is 10.0 Å². The van der Waals surface area contributed by atoms with Crippen LogP contribution in [0.3, 0.4) is 0 Å². The Morgan fingerprint density at radius 2 is 2.10 bits per heavy atom. The predicted octanol–water partition coefficient (Wildman–Crippen LogP) is 2.71. The first-order chi connectivity index (χ1) is 9.32. The predicted molar refractivity (Wildman–Crippen MR) is 83.4 cm³/mol. The molecule has 0 spiro atoms. The summed E-state index contributed by atoms with van der Waals surface area (Å²) in [6.07, 6.45) is 3.43. The molecule has 0 saturated heterocycles. The van der Waals surface area contributed by atoms with Crippen LogP contribution in [0.15, 0.2) is 16.3 Å². The number of hydrogen-bond donors (Lipinski definition) is 2. The first-order valence-corrected chi connectivity index (χ1v) is 9.48. The molecule has 1 fully saturated rings. The average molecular weight is 316 g/mol. The van der Waals surface area contributed by atoms with E-state index in [9.17, 15) is 8.42 Å². The zero-order valence-corrected chi connectivity index (χ0v) is 14.0. The molecular weight excluding hydrogens is 292 g/mol. The second kappa shape index (κ2) is 6.13. The van der Waals surface area contributed by atoms with Crippen molar-refractivity contribution in [3.63, 3.8) is 0 Å². The molecule has 0 unspecified atom stereocenters. The van der Waals surface area contributed by atoms with Crippen molar-refractivity contribution in [2.45, 2.75) is 57.5 Å². The van der Waals surface area contributed by atoms with Crippen molar-refractivity contribution in [1.82, 2.24) is 10.0 Å². The molecule has 0 radical (unpaired) electrons. The molecule has 0 bridgehead atoms. The smallest absolute Gasteiger partial charge is 0.241 e. The van der Waals surface area contributed by atoms with Gasteiger partial charge < -0.3 is 5.32 Å². The van der Waals surface area contributed by atoms with E-state index < -0.39 is 10.0 Å². The summed E-state index contributed by atoms with van der Waals surface area (Å²) in [5.41, 5.74) is 0.152. The lowest BCUT2D eigenvalue weighted by molar-refractivity contribution is 0.166. The van der Waals surface area contributed by atoms with E-state index in [0.717, 1.165) is 17.7 Å². The molecule has 2 N–H and O–H groups in total. The molecule has 1 heterocycles. The maximum Gasteiger partial charge on any atom is 0.241 e. The second-order valence-corrected chi connectivity index (χ2v) is 8.97. The van der Waals surface area contributed by atoms with Crippen LogP contribution in [0.25, 0.3) is 0 Å². The van der Waals surface area contributed by atoms with Crippen LogP contribution in [-0.2, 0) is 16.6 Å².